The molecule has 2 aliphatic rings. The Morgan fingerprint density at radius 2 is 2.00 bits per heavy atom. The summed E-state index contributed by atoms with van der Waals surface area (Å²) in [5, 5.41) is 15.6. The highest BCUT2D eigenvalue weighted by Gasteiger charge is 2.27. The standard InChI is InChI=1S/C24H27FN4O4/c1-13-19(12-17-16-11-15(25)5-6-18(16)28-22(17)31)27-14(2)21(13)23(32)26-8-7-20(30)24(33)29-9-3-4-10-29/h5-6,11-12,20,27,30H,3-4,7-10H2,1-2H3,(H,26,32)(H,28,31)/b17-12-/t20-/m0/s1. The van der Waals surface area contributed by atoms with Crippen molar-refractivity contribution in [2.75, 3.05) is 25.0 Å². The smallest absolute Gasteiger partial charge is 0.256 e. The minimum atomic E-state index is -1.14. The van der Waals surface area contributed by atoms with Crippen molar-refractivity contribution in [3.05, 3.63) is 52.1 Å². The number of nitrogens with one attached hydrogen (secondary N) is 3. The number of H-pyrrole nitrogens is 1. The van der Waals surface area contributed by atoms with Crippen LogP contribution in [-0.2, 0) is 9.59 Å². The fraction of sp³-hybridized carbons (Fsp3) is 0.375. The highest BCUT2D eigenvalue weighted by Crippen LogP contribution is 2.34. The predicted octanol–water partition coefficient (Wildman–Crippen LogP) is 2.37. The van der Waals surface area contributed by atoms with Crippen LogP contribution in [-0.4, -0.2) is 58.5 Å². The maximum absolute atomic E-state index is 13.7. The maximum Gasteiger partial charge on any atom is 0.256 e. The Morgan fingerprint density at radius 1 is 1.27 bits per heavy atom. The molecule has 2 aliphatic heterocycles. The molecule has 1 atom stereocenters. The molecule has 2 aromatic rings. The number of aryl methyl sites for hydroxylation is 1. The summed E-state index contributed by atoms with van der Waals surface area (Å²) in [5.74, 6) is -1.42. The van der Waals surface area contributed by atoms with Crippen LogP contribution in [0.1, 0.15) is 52.1 Å². The van der Waals surface area contributed by atoms with Crippen molar-refractivity contribution in [3.63, 3.8) is 0 Å². The van der Waals surface area contributed by atoms with E-state index in [0.29, 0.717) is 52.4 Å². The Hall–Kier alpha value is -3.46. The van der Waals surface area contributed by atoms with Gasteiger partial charge < -0.3 is 25.6 Å². The number of amides is 3. The van der Waals surface area contributed by atoms with Crippen LogP contribution < -0.4 is 10.6 Å². The lowest BCUT2D eigenvalue weighted by atomic mass is 10.0. The van der Waals surface area contributed by atoms with Crippen molar-refractivity contribution in [1.82, 2.24) is 15.2 Å². The fourth-order valence-corrected chi connectivity index (χ4v) is 4.39. The summed E-state index contributed by atoms with van der Waals surface area (Å²) in [6, 6.07) is 4.09. The van der Waals surface area contributed by atoms with Crippen molar-refractivity contribution < 1.29 is 23.9 Å². The molecule has 0 spiro atoms. The molecule has 0 unspecified atom stereocenters. The topological polar surface area (TPSA) is 115 Å². The Labute approximate surface area is 190 Å². The molecule has 3 amide bonds. The van der Waals surface area contributed by atoms with Crippen LogP contribution in [0.3, 0.4) is 0 Å². The number of hydrogen-bond donors (Lipinski definition) is 4. The Morgan fingerprint density at radius 3 is 2.73 bits per heavy atom. The van der Waals surface area contributed by atoms with Crippen molar-refractivity contribution in [2.45, 2.75) is 39.2 Å². The SMILES string of the molecule is Cc1[nH]c(/C=C2\C(=O)Nc3ccc(F)cc32)c(C)c1C(=O)NCC[C@H](O)C(=O)N1CCCC1. The lowest BCUT2D eigenvalue weighted by Gasteiger charge is -2.19. The van der Waals surface area contributed by atoms with Crippen molar-refractivity contribution in [1.29, 1.82) is 0 Å². The number of hydrogen-bond acceptors (Lipinski definition) is 4. The molecule has 3 heterocycles. The molecule has 33 heavy (non-hydrogen) atoms. The third-order valence-corrected chi connectivity index (χ3v) is 6.16. The average Bonchev–Trinajstić information content (AvgIpc) is 3.47. The monoisotopic (exact) mass is 454 g/mol. The van der Waals surface area contributed by atoms with Crippen LogP contribution in [0, 0.1) is 19.7 Å². The zero-order valence-electron chi connectivity index (χ0n) is 18.6. The van der Waals surface area contributed by atoms with E-state index in [-0.39, 0.29) is 30.7 Å². The van der Waals surface area contributed by atoms with Gasteiger partial charge in [0, 0.05) is 42.3 Å². The third-order valence-electron chi connectivity index (χ3n) is 6.16. The quantitative estimate of drug-likeness (QED) is 0.502. The number of nitrogens with zero attached hydrogens (tertiary/aromatic N) is 1. The van der Waals surface area contributed by atoms with E-state index in [4.69, 9.17) is 0 Å². The van der Waals surface area contributed by atoms with Crippen LogP contribution in [0.4, 0.5) is 10.1 Å². The van der Waals surface area contributed by atoms with Gasteiger partial charge in [-0.25, -0.2) is 4.39 Å². The molecule has 0 bridgehead atoms. The minimum absolute atomic E-state index is 0.128. The number of carbonyl (C=O) groups is 3. The van der Waals surface area contributed by atoms with Gasteiger partial charge in [-0.15, -0.1) is 0 Å². The van der Waals surface area contributed by atoms with Gasteiger partial charge in [-0.1, -0.05) is 0 Å². The van der Waals surface area contributed by atoms with E-state index < -0.39 is 11.9 Å². The average molecular weight is 455 g/mol. The van der Waals surface area contributed by atoms with E-state index in [1.54, 1.807) is 24.8 Å². The lowest BCUT2D eigenvalue weighted by molar-refractivity contribution is -0.139. The number of fused-ring (bicyclic) bond motifs is 1. The van der Waals surface area contributed by atoms with E-state index >= 15 is 0 Å². The summed E-state index contributed by atoms with van der Waals surface area (Å²) >= 11 is 0. The largest absolute Gasteiger partial charge is 0.383 e. The van der Waals surface area contributed by atoms with Gasteiger partial charge in [-0.05, 0) is 62.9 Å². The first-order valence-corrected chi connectivity index (χ1v) is 11.0. The van der Waals surface area contributed by atoms with Gasteiger partial charge in [0.2, 0.25) is 0 Å². The Kier molecular flexibility index (Phi) is 6.33. The number of aliphatic hydroxyl groups is 1. The summed E-state index contributed by atoms with van der Waals surface area (Å²) in [5.41, 5.74) is 3.57. The highest BCUT2D eigenvalue weighted by molar-refractivity contribution is 6.34. The summed E-state index contributed by atoms with van der Waals surface area (Å²) in [6.07, 6.45) is 2.49. The number of benzene rings is 1. The van der Waals surface area contributed by atoms with Crippen LogP contribution in [0.15, 0.2) is 18.2 Å². The van der Waals surface area contributed by atoms with Gasteiger partial charge in [-0.2, -0.15) is 0 Å². The Balaban J connectivity index is 1.45. The number of aromatic amines is 1. The molecule has 1 aromatic heterocycles. The number of rotatable bonds is 6. The number of halogens is 1. The molecule has 1 aromatic carbocycles. The molecule has 1 saturated heterocycles. The summed E-state index contributed by atoms with van der Waals surface area (Å²) in [4.78, 5) is 42.2. The normalized spacial score (nSPS) is 17.3. The zero-order chi connectivity index (χ0) is 23.7. The second kappa shape index (κ2) is 9.19. The van der Waals surface area contributed by atoms with Crippen LogP contribution in [0.5, 0.6) is 0 Å². The molecular formula is C24H27FN4O4. The first kappa shape index (κ1) is 22.7. The van der Waals surface area contributed by atoms with Crippen LogP contribution in [0.2, 0.25) is 0 Å². The van der Waals surface area contributed by atoms with Gasteiger partial charge in [0.05, 0.1) is 11.1 Å². The Bertz CT molecular complexity index is 1150. The van der Waals surface area contributed by atoms with E-state index in [0.717, 1.165) is 12.8 Å². The summed E-state index contributed by atoms with van der Waals surface area (Å²) < 4.78 is 13.7. The molecule has 4 rings (SSSR count). The molecule has 174 valence electrons. The van der Waals surface area contributed by atoms with E-state index in [2.05, 4.69) is 15.6 Å². The molecular weight excluding hydrogens is 427 g/mol. The van der Waals surface area contributed by atoms with Crippen LogP contribution in [0.25, 0.3) is 11.6 Å². The van der Waals surface area contributed by atoms with E-state index in [9.17, 15) is 23.9 Å². The molecule has 0 saturated carbocycles. The fourth-order valence-electron chi connectivity index (χ4n) is 4.39. The number of likely N-dealkylation sites (tertiary alicyclic amines) is 1. The van der Waals surface area contributed by atoms with Crippen molar-refractivity contribution in [2.24, 2.45) is 0 Å². The van der Waals surface area contributed by atoms with Crippen molar-refractivity contribution >= 4 is 35.1 Å². The van der Waals surface area contributed by atoms with E-state index in [1.165, 1.54) is 18.2 Å². The minimum Gasteiger partial charge on any atom is -0.383 e. The number of aliphatic hydroxyl groups excluding tert-OH is 1. The number of carbonyl (C=O) groups excluding carboxylic acids is 3. The van der Waals surface area contributed by atoms with Gasteiger partial charge >= 0.3 is 0 Å². The number of aromatic nitrogens is 1. The van der Waals surface area contributed by atoms with Crippen molar-refractivity contribution in [3.8, 4) is 0 Å². The molecule has 0 aliphatic carbocycles. The highest BCUT2D eigenvalue weighted by atomic mass is 19.1. The second-order valence-corrected chi connectivity index (χ2v) is 8.46. The maximum atomic E-state index is 13.7. The summed E-state index contributed by atoms with van der Waals surface area (Å²) in [7, 11) is 0. The molecule has 8 nitrogen and oxygen atoms in total. The third kappa shape index (κ3) is 4.54. The van der Waals surface area contributed by atoms with Gasteiger partial charge in [-0.3, -0.25) is 14.4 Å². The first-order valence-electron chi connectivity index (χ1n) is 11.0. The van der Waals surface area contributed by atoms with Gasteiger partial charge in [0.15, 0.2) is 0 Å². The predicted molar refractivity (Wildman–Crippen MR) is 122 cm³/mol. The second-order valence-electron chi connectivity index (χ2n) is 8.46. The lowest BCUT2D eigenvalue weighted by Crippen LogP contribution is -2.39. The van der Waals surface area contributed by atoms with E-state index in [1.807, 2.05) is 0 Å². The number of anilines is 1. The van der Waals surface area contributed by atoms with Gasteiger partial charge in [0.1, 0.15) is 11.9 Å². The summed E-state index contributed by atoms with van der Waals surface area (Å²) in [6.45, 7) is 4.98. The van der Waals surface area contributed by atoms with Crippen LogP contribution >= 0.6 is 0 Å². The molecule has 9 heteroatoms. The molecule has 1 fully saturated rings. The van der Waals surface area contributed by atoms with Gasteiger partial charge in [0.25, 0.3) is 17.7 Å². The molecule has 0 radical (unpaired) electrons. The zero-order valence-corrected chi connectivity index (χ0v) is 18.6. The first-order chi connectivity index (χ1) is 15.8. The molecule has 4 N–H and O–H groups in total.